The Labute approximate surface area is 170 Å². The molecule has 0 bridgehead atoms. The SMILES string of the molecule is CC(=O)Nc1nc(=O)n([C@@H]2O[C@H](COC(C)=O)[C@@H](OC(C)=O)C2(F)F)cc1I. The number of carbonyl (C=O) groups excluding carboxylic acids is 3. The second-order valence-corrected chi connectivity index (χ2v) is 7.00. The number of anilines is 1. The van der Waals surface area contributed by atoms with Crippen molar-refractivity contribution < 1.29 is 37.4 Å². The maximum Gasteiger partial charge on any atom is 0.351 e. The minimum absolute atomic E-state index is 0.0938. The molecule has 1 aromatic rings. The monoisotopic (exact) mass is 515 g/mol. The minimum atomic E-state index is -3.83. The fraction of sp³-hybridized carbons (Fsp3) is 0.533. The molecular weight excluding hydrogens is 499 g/mol. The van der Waals surface area contributed by atoms with Gasteiger partial charge in [-0.2, -0.15) is 13.8 Å². The van der Waals surface area contributed by atoms with Crippen LogP contribution in [0.25, 0.3) is 0 Å². The second-order valence-electron chi connectivity index (χ2n) is 5.84. The van der Waals surface area contributed by atoms with Crippen LogP contribution in [0.2, 0.25) is 0 Å². The summed E-state index contributed by atoms with van der Waals surface area (Å²) in [5.74, 6) is -6.17. The van der Waals surface area contributed by atoms with Crippen molar-refractivity contribution in [2.75, 3.05) is 11.9 Å². The van der Waals surface area contributed by atoms with Gasteiger partial charge in [-0.1, -0.05) is 0 Å². The van der Waals surface area contributed by atoms with E-state index in [9.17, 15) is 28.0 Å². The van der Waals surface area contributed by atoms with Crippen molar-refractivity contribution in [2.24, 2.45) is 0 Å². The van der Waals surface area contributed by atoms with E-state index in [-0.39, 0.29) is 9.39 Å². The molecule has 1 fully saturated rings. The van der Waals surface area contributed by atoms with Crippen LogP contribution >= 0.6 is 22.6 Å². The molecule has 1 aliphatic heterocycles. The number of halogens is 3. The minimum Gasteiger partial charge on any atom is -0.463 e. The van der Waals surface area contributed by atoms with Gasteiger partial charge in [-0.15, -0.1) is 0 Å². The molecule has 1 aliphatic rings. The highest BCUT2D eigenvalue weighted by Gasteiger charge is 2.62. The third-order valence-corrected chi connectivity index (χ3v) is 4.34. The summed E-state index contributed by atoms with van der Waals surface area (Å²) in [6, 6.07) is 0. The van der Waals surface area contributed by atoms with Gasteiger partial charge in [0.25, 0.3) is 0 Å². The number of alkyl halides is 2. The largest absolute Gasteiger partial charge is 0.463 e. The molecule has 0 saturated carbocycles. The van der Waals surface area contributed by atoms with Gasteiger partial charge in [-0.25, -0.2) is 4.79 Å². The molecule has 28 heavy (non-hydrogen) atoms. The van der Waals surface area contributed by atoms with Crippen molar-refractivity contribution in [3.63, 3.8) is 0 Å². The van der Waals surface area contributed by atoms with E-state index in [1.165, 1.54) is 6.92 Å². The maximum absolute atomic E-state index is 14.9. The lowest BCUT2D eigenvalue weighted by Crippen LogP contribution is -2.44. The lowest BCUT2D eigenvalue weighted by Gasteiger charge is -2.24. The van der Waals surface area contributed by atoms with Crippen LogP contribution in [0.3, 0.4) is 0 Å². The first-order valence-electron chi connectivity index (χ1n) is 7.83. The number of amides is 1. The van der Waals surface area contributed by atoms with E-state index in [1.54, 1.807) is 22.6 Å². The van der Waals surface area contributed by atoms with Crippen LogP contribution in [0.4, 0.5) is 14.6 Å². The number of aromatic nitrogens is 2. The van der Waals surface area contributed by atoms with Crippen molar-refractivity contribution in [2.45, 2.75) is 45.1 Å². The molecule has 1 N–H and O–H groups in total. The van der Waals surface area contributed by atoms with Crippen molar-refractivity contribution in [3.8, 4) is 0 Å². The molecule has 1 aromatic heterocycles. The molecule has 154 valence electrons. The summed E-state index contributed by atoms with van der Waals surface area (Å²) >= 11 is 1.70. The van der Waals surface area contributed by atoms with E-state index in [1.807, 2.05) is 0 Å². The molecule has 0 unspecified atom stereocenters. The predicted octanol–water partition coefficient (Wildman–Crippen LogP) is 0.834. The van der Waals surface area contributed by atoms with E-state index in [2.05, 4.69) is 15.0 Å². The first-order chi connectivity index (χ1) is 12.9. The van der Waals surface area contributed by atoms with Gasteiger partial charge in [0.05, 0.1) is 3.57 Å². The fourth-order valence-electron chi connectivity index (χ4n) is 2.49. The Morgan fingerprint density at radius 1 is 1.32 bits per heavy atom. The lowest BCUT2D eigenvalue weighted by molar-refractivity contribution is -0.174. The molecule has 0 radical (unpaired) electrons. The molecular formula is C15H16F2IN3O7. The highest BCUT2D eigenvalue weighted by molar-refractivity contribution is 14.1. The van der Waals surface area contributed by atoms with Crippen molar-refractivity contribution in [1.29, 1.82) is 0 Å². The van der Waals surface area contributed by atoms with Crippen LogP contribution in [-0.4, -0.2) is 52.1 Å². The van der Waals surface area contributed by atoms with Crippen LogP contribution in [0.5, 0.6) is 0 Å². The first kappa shape index (κ1) is 22.1. The number of nitrogens with zero attached hydrogens (tertiary/aromatic N) is 2. The molecule has 3 atom stereocenters. The van der Waals surface area contributed by atoms with Crippen molar-refractivity contribution in [3.05, 3.63) is 20.3 Å². The summed E-state index contributed by atoms with van der Waals surface area (Å²) in [7, 11) is 0. The zero-order chi connectivity index (χ0) is 21.2. The molecule has 0 aliphatic carbocycles. The van der Waals surface area contributed by atoms with Crippen LogP contribution < -0.4 is 11.0 Å². The Balaban J connectivity index is 2.42. The van der Waals surface area contributed by atoms with Gasteiger partial charge < -0.3 is 19.5 Å². The number of nitrogens with one attached hydrogen (secondary N) is 1. The molecule has 13 heteroatoms. The molecule has 0 spiro atoms. The number of esters is 2. The molecule has 1 saturated heterocycles. The first-order valence-corrected chi connectivity index (χ1v) is 8.91. The second kappa shape index (κ2) is 8.46. The van der Waals surface area contributed by atoms with Gasteiger partial charge in [0, 0.05) is 27.0 Å². The molecule has 10 nitrogen and oxygen atoms in total. The van der Waals surface area contributed by atoms with E-state index >= 15 is 0 Å². The van der Waals surface area contributed by atoms with Gasteiger partial charge in [-0.3, -0.25) is 19.0 Å². The number of carbonyl (C=O) groups is 3. The van der Waals surface area contributed by atoms with Gasteiger partial charge in [0.15, 0.2) is 11.9 Å². The number of rotatable bonds is 5. The molecule has 2 heterocycles. The van der Waals surface area contributed by atoms with Gasteiger partial charge >= 0.3 is 23.6 Å². The average molecular weight is 515 g/mol. The van der Waals surface area contributed by atoms with Crippen LogP contribution in [-0.2, 0) is 28.6 Å². The maximum atomic E-state index is 14.9. The fourth-order valence-corrected chi connectivity index (χ4v) is 3.05. The summed E-state index contributed by atoms with van der Waals surface area (Å²) in [5.41, 5.74) is -1.12. The number of hydrogen-bond acceptors (Lipinski definition) is 8. The Bertz CT molecular complexity index is 861. The third kappa shape index (κ3) is 4.81. The van der Waals surface area contributed by atoms with Gasteiger partial charge in [-0.05, 0) is 22.6 Å². The highest BCUT2D eigenvalue weighted by Crippen LogP contribution is 2.44. The summed E-state index contributed by atoms with van der Waals surface area (Å²) in [5, 5.41) is 2.30. The Morgan fingerprint density at radius 2 is 1.96 bits per heavy atom. The molecule has 2 rings (SSSR count). The summed E-state index contributed by atoms with van der Waals surface area (Å²) in [6.45, 7) is 2.59. The zero-order valence-corrected chi connectivity index (χ0v) is 17.1. The van der Waals surface area contributed by atoms with E-state index in [4.69, 9.17) is 9.47 Å². The standard InChI is InChI=1S/C15H16F2IN3O7/c1-6(22)19-12-9(18)4-21(14(25)20-12)13-15(16,17)11(27-8(3)24)10(28-13)5-26-7(2)23/h4,10-11,13H,5H2,1-3H3,(H,19,20,22,25)/t10-,11-,13-/m1/s1. The van der Waals surface area contributed by atoms with Gasteiger partial charge in [0.1, 0.15) is 12.7 Å². The van der Waals surface area contributed by atoms with E-state index in [0.29, 0.717) is 4.57 Å². The third-order valence-electron chi connectivity index (χ3n) is 3.55. The van der Waals surface area contributed by atoms with Crippen LogP contribution in [0, 0.1) is 3.57 Å². The van der Waals surface area contributed by atoms with Crippen molar-refractivity contribution >= 4 is 46.3 Å². The topological polar surface area (TPSA) is 126 Å². The smallest absolute Gasteiger partial charge is 0.351 e. The zero-order valence-electron chi connectivity index (χ0n) is 14.9. The number of ether oxygens (including phenoxy) is 3. The van der Waals surface area contributed by atoms with E-state index in [0.717, 1.165) is 20.0 Å². The normalized spacial score (nSPS) is 23.1. The number of hydrogen-bond donors (Lipinski definition) is 1. The Kier molecular flexibility index (Phi) is 6.69. The quantitative estimate of drug-likeness (QED) is 0.452. The van der Waals surface area contributed by atoms with Crippen LogP contribution in [0.15, 0.2) is 11.0 Å². The molecule has 1 amide bonds. The Morgan fingerprint density at radius 3 is 2.50 bits per heavy atom. The summed E-state index contributed by atoms with van der Waals surface area (Å²) in [6.07, 6.45) is -4.74. The average Bonchev–Trinajstić information content (AvgIpc) is 2.79. The van der Waals surface area contributed by atoms with Gasteiger partial charge in [0.2, 0.25) is 12.1 Å². The van der Waals surface area contributed by atoms with E-state index < -0.39 is 54.5 Å². The highest BCUT2D eigenvalue weighted by atomic mass is 127. The molecule has 0 aromatic carbocycles. The summed E-state index contributed by atoms with van der Waals surface area (Å²) in [4.78, 5) is 49.2. The lowest BCUT2D eigenvalue weighted by atomic mass is 10.1. The summed E-state index contributed by atoms with van der Waals surface area (Å²) < 4.78 is 45.1. The van der Waals surface area contributed by atoms with Crippen molar-refractivity contribution in [1.82, 2.24) is 9.55 Å². The van der Waals surface area contributed by atoms with Crippen LogP contribution in [0.1, 0.15) is 27.0 Å². The Hall–Kier alpha value is -2.16. The predicted molar refractivity (Wildman–Crippen MR) is 96.6 cm³/mol.